The average molecular weight is 289 g/mol. The van der Waals surface area contributed by atoms with Crippen molar-refractivity contribution in [1.29, 1.82) is 0 Å². The summed E-state index contributed by atoms with van der Waals surface area (Å²) in [5.41, 5.74) is 3.70. The molecule has 0 heterocycles. The highest BCUT2D eigenvalue weighted by Crippen LogP contribution is 2.33. The quantitative estimate of drug-likeness (QED) is 0.703. The molecule has 0 unspecified atom stereocenters. The van der Waals surface area contributed by atoms with Crippen LogP contribution in [0, 0.1) is 0 Å². The van der Waals surface area contributed by atoms with Crippen molar-refractivity contribution >= 4 is 11.6 Å². The number of alkyl halides is 3. The highest BCUT2D eigenvalue weighted by molar-refractivity contribution is 5.95. The van der Waals surface area contributed by atoms with Gasteiger partial charge in [-0.25, -0.2) is 0 Å². The fraction of sp³-hybridized carbons (Fsp3) is 0.462. The number of rotatable bonds is 6. The molecule has 1 aromatic rings. The molecule has 1 aromatic carbocycles. The van der Waals surface area contributed by atoms with Gasteiger partial charge in [0.25, 0.3) is 0 Å². The number of amides is 1. The van der Waals surface area contributed by atoms with E-state index in [1.54, 1.807) is 0 Å². The summed E-state index contributed by atoms with van der Waals surface area (Å²) in [6.45, 7) is 5.05. The number of hydrogen-bond acceptors (Lipinski definition) is 3. The minimum atomic E-state index is -4.61. The van der Waals surface area contributed by atoms with Crippen LogP contribution in [0.4, 0.5) is 18.9 Å². The molecule has 4 N–H and O–H groups in total. The molecule has 4 nitrogen and oxygen atoms in total. The van der Waals surface area contributed by atoms with E-state index in [-0.39, 0.29) is 0 Å². The molecule has 0 bridgehead atoms. The molecule has 0 aromatic heterocycles. The molecule has 112 valence electrons. The molecule has 0 aliphatic heterocycles. The molecule has 0 radical (unpaired) electrons. The van der Waals surface area contributed by atoms with E-state index >= 15 is 0 Å². The SMILES string of the molecule is CC(C)NCCNc1ccc(C(N)=O)c(C(F)(F)F)c1. The summed E-state index contributed by atoms with van der Waals surface area (Å²) in [7, 11) is 0. The first-order chi connectivity index (χ1) is 9.21. The van der Waals surface area contributed by atoms with Crippen LogP contribution in [0.2, 0.25) is 0 Å². The largest absolute Gasteiger partial charge is 0.417 e. The molecule has 1 rings (SSSR count). The number of hydrogen-bond donors (Lipinski definition) is 3. The summed E-state index contributed by atoms with van der Waals surface area (Å²) in [6.07, 6.45) is -4.61. The Morgan fingerprint density at radius 1 is 1.30 bits per heavy atom. The van der Waals surface area contributed by atoms with Gasteiger partial charge in [0.05, 0.1) is 11.1 Å². The third-order valence-electron chi connectivity index (χ3n) is 2.60. The van der Waals surface area contributed by atoms with Crippen LogP contribution in [0.3, 0.4) is 0 Å². The molecular weight excluding hydrogens is 271 g/mol. The van der Waals surface area contributed by atoms with Crippen LogP contribution in [0.5, 0.6) is 0 Å². The highest BCUT2D eigenvalue weighted by atomic mass is 19.4. The van der Waals surface area contributed by atoms with Crippen LogP contribution in [0.1, 0.15) is 29.8 Å². The summed E-state index contributed by atoms with van der Waals surface area (Å²) in [6, 6.07) is 3.70. The lowest BCUT2D eigenvalue weighted by atomic mass is 10.1. The minimum Gasteiger partial charge on any atom is -0.384 e. The number of anilines is 1. The van der Waals surface area contributed by atoms with Crippen LogP contribution >= 0.6 is 0 Å². The molecule has 0 saturated carbocycles. The zero-order chi connectivity index (χ0) is 15.3. The molecule has 7 heteroatoms. The lowest BCUT2D eigenvalue weighted by molar-refractivity contribution is -0.137. The smallest absolute Gasteiger partial charge is 0.384 e. The van der Waals surface area contributed by atoms with Gasteiger partial charge < -0.3 is 16.4 Å². The average Bonchev–Trinajstić information content (AvgIpc) is 2.33. The number of carbonyl (C=O) groups is 1. The van der Waals surface area contributed by atoms with Gasteiger partial charge in [0, 0.05) is 24.8 Å². The van der Waals surface area contributed by atoms with Crippen molar-refractivity contribution in [3.8, 4) is 0 Å². The Morgan fingerprint density at radius 3 is 2.45 bits per heavy atom. The van der Waals surface area contributed by atoms with Crippen LogP contribution in [-0.4, -0.2) is 25.0 Å². The first-order valence-electron chi connectivity index (χ1n) is 6.20. The summed E-state index contributed by atoms with van der Waals surface area (Å²) < 4.78 is 38.5. The molecule has 0 fully saturated rings. The van der Waals surface area contributed by atoms with Crippen molar-refractivity contribution in [2.75, 3.05) is 18.4 Å². The van der Waals surface area contributed by atoms with Gasteiger partial charge in [0.2, 0.25) is 5.91 Å². The van der Waals surface area contributed by atoms with Crippen LogP contribution in [-0.2, 0) is 6.18 Å². The Balaban J connectivity index is 2.83. The zero-order valence-electron chi connectivity index (χ0n) is 11.3. The van der Waals surface area contributed by atoms with Gasteiger partial charge in [-0.15, -0.1) is 0 Å². The topological polar surface area (TPSA) is 67.2 Å². The molecule has 0 saturated heterocycles. The third kappa shape index (κ3) is 4.73. The van der Waals surface area contributed by atoms with Crippen LogP contribution in [0.15, 0.2) is 18.2 Å². The van der Waals surface area contributed by atoms with Gasteiger partial charge in [0.15, 0.2) is 0 Å². The molecule has 1 amide bonds. The van der Waals surface area contributed by atoms with Gasteiger partial charge in [-0.2, -0.15) is 13.2 Å². The molecular formula is C13H18F3N3O. The van der Waals surface area contributed by atoms with Crippen molar-refractivity contribution in [2.24, 2.45) is 5.73 Å². The normalized spacial score (nSPS) is 11.7. The van der Waals surface area contributed by atoms with E-state index < -0.39 is 23.2 Å². The van der Waals surface area contributed by atoms with Crippen LogP contribution in [0.25, 0.3) is 0 Å². The van der Waals surface area contributed by atoms with E-state index in [0.717, 1.165) is 12.1 Å². The lowest BCUT2D eigenvalue weighted by Crippen LogP contribution is -2.28. The maximum atomic E-state index is 12.8. The Kier molecular flexibility index (Phi) is 5.38. The number of primary amides is 1. The molecule has 0 aliphatic carbocycles. The number of benzene rings is 1. The first-order valence-corrected chi connectivity index (χ1v) is 6.20. The molecule has 0 atom stereocenters. The summed E-state index contributed by atoms with van der Waals surface area (Å²) >= 11 is 0. The van der Waals surface area contributed by atoms with E-state index in [2.05, 4.69) is 10.6 Å². The second-order valence-corrected chi connectivity index (χ2v) is 4.66. The molecule has 20 heavy (non-hydrogen) atoms. The predicted octanol–water partition coefficient (Wildman–Crippen LogP) is 2.21. The van der Waals surface area contributed by atoms with Crippen molar-refractivity contribution in [3.63, 3.8) is 0 Å². The number of nitrogens with one attached hydrogen (secondary N) is 2. The monoisotopic (exact) mass is 289 g/mol. The molecule has 0 spiro atoms. The van der Waals surface area contributed by atoms with Gasteiger partial charge in [-0.1, -0.05) is 13.8 Å². The third-order valence-corrected chi connectivity index (χ3v) is 2.60. The Hall–Kier alpha value is -1.76. The minimum absolute atomic E-state index is 0.299. The first kappa shape index (κ1) is 16.3. The van der Waals surface area contributed by atoms with E-state index in [0.29, 0.717) is 24.8 Å². The second-order valence-electron chi connectivity index (χ2n) is 4.66. The Morgan fingerprint density at radius 2 is 1.95 bits per heavy atom. The van der Waals surface area contributed by atoms with Crippen molar-refractivity contribution in [3.05, 3.63) is 29.3 Å². The molecule has 0 aliphatic rings. The standard InChI is InChI=1S/C13H18F3N3O/c1-8(2)18-5-6-19-9-3-4-10(12(17)20)11(7-9)13(14,15)16/h3-4,7-8,18-19H,5-6H2,1-2H3,(H2,17,20). The van der Waals surface area contributed by atoms with Gasteiger partial charge in [0.1, 0.15) is 0 Å². The number of nitrogens with two attached hydrogens (primary N) is 1. The lowest BCUT2D eigenvalue weighted by Gasteiger charge is -2.14. The van der Waals surface area contributed by atoms with Gasteiger partial charge in [-0.3, -0.25) is 4.79 Å². The number of carbonyl (C=O) groups excluding carboxylic acids is 1. The summed E-state index contributed by atoms with van der Waals surface area (Å²) in [5, 5.41) is 6.00. The van der Waals surface area contributed by atoms with Crippen molar-refractivity contribution < 1.29 is 18.0 Å². The summed E-state index contributed by atoms with van der Waals surface area (Å²) in [4.78, 5) is 11.0. The van der Waals surface area contributed by atoms with Crippen LogP contribution < -0.4 is 16.4 Å². The second kappa shape index (κ2) is 6.60. The predicted molar refractivity (Wildman–Crippen MR) is 71.6 cm³/mol. The highest BCUT2D eigenvalue weighted by Gasteiger charge is 2.35. The fourth-order valence-electron chi connectivity index (χ4n) is 1.67. The van der Waals surface area contributed by atoms with E-state index in [9.17, 15) is 18.0 Å². The maximum Gasteiger partial charge on any atom is 0.417 e. The van der Waals surface area contributed by atoms with E-state index in [4.69, 9.17) is 5.73 Å². The fourth-order valence-corrected chi connectivity index (χ4v) is 1.67. The van der Waals surface area contributed by atoms with E-state index in [1.165, 1.54) is 6.07 Å². The number of halogens is 3. The van der Waals surface area contributed by atoms with Gasteiger partial charge >= 0.3 is 6.18 Å². The Labute approximate surface area is 115 Å². The summed E-state index contributed by atoms with van der Waals surface area (Å²) in [5.74, 6) is -1.09. The zero-order valence-corrected chi connectivity index (χ0v) is 11.3. The maximum absolute atomic E-state index is 12.8. The van der Waals surface area contributed by atoms with Crippen molar-refractivity contribution in [1.82, 2.24) is 5.32 Å². The van der Waals surface area contributed by atoms with Crippen molar-refractivity contribution in [2.45, 2.75) is 26.1 Å². The van der Waals surface area contributed by atoms with E-state index in [1.807, 2.05) is 13.8 Å². The van der Waals surface area contributed by atoms with Gasteiger partial charge in [-0.05, 0) is 18.2 Å². The Bertz CT molecular complexity index is 472.